The Morgan fingerprint density at radius 3 is 2.77 bits per heavy atom. The highest BCUT2D eigenvalue weighted by atomic mass is 16.5. The zero-order valence-electron chi connectivity index (χ0n) is 13.2. The lowest BCUT2D eigenvalue weighted by Crippen LogP contribution is -2.40. The van der Waals surface area contributed by atoms with Gasteiger partial charge in [-0.05, 0) is 36.5 Å². The highest BCUT2D eigenvalue weighted by molar-refractivity contribution is 5.77. The molecule has 2 aliphatic rings. The lowest BCUT2D eigenvalue weighted by atomic mass is 9.86. The minimum atomic E-state index is -0.111. The molecule has 1 aliphatic carbocycles. The molecule has 1 amide bonds. The Balaban J connectivity index is 1.72. The first kappa shape index (κ1) is 15.2. The first-order valence-electron chi connectivity index (χ1n) is 7.83. The van der Waals surface area contributed by atoms with Crippen LogP contribution in [0.2, 0.25) is 0 Å². The highest BCUT2D eigenvalue weighted by Gasteiger charge is 2.26. The van der Waals surface area contributed by atoms with Crippen LogP contribution in [0.4, 0.5) is 0 Å². The van der Waals surface area contributed by atoms with Crippen LogP contribution < -0.4 is 9.47 Å². The van der Waals surface area contributed by atoms with Crippen LogP contribution in [0.15, 0.2) is 18.2 Å². The van der Waals surface area contributed by atoms with E-state index < -0.39 is 0 Å². The Hall–Kier alpha value is -1.75. The van der Waals surface area contributed by atoms with Gasteiger partial charge in [-0.25, -0.2) is 0 Å². The summed E-state index contributed by atoms with van der Waals surface area (Å²) < 4.78 is 17.0. The summed E-state index contributed by atoms with van der Waals surface area (Å²) >= 11 is 0. The van der Waals surface area contributed by atoms with Gasteiger partial charge < -0.3 is 19.1 Å². The normalized spacial score (nSPS) is 22.4. The van der Waals surface area contributed by atoms with E-state index in [4.69, 9.17) is 14.2 Å². The van der Waals surface area contributed by atoms with E-state index in [1.165, 1.54) is 19.3 Å². The molecule has 0 radical (unpaired) electrons. The van der Waals surface area contributed by atoms with Crippen LogP contribution >= 0.6 is 0 Å². The molecule has 1 atom stereocenters. The Bertz CT molecular complexity index is 541. The van der Waals surface area contributed by atoms with Crippen LogP contribution in [0.1, 0.15) is 30.9 Å². The molecule has 0 bridgehead atoms. The fraction of sp³-hybridized carbons (Fsp3) is 0.588. The molecule has 1 saturated heterocycles. The van der Waals surface area contributed by atoms with Crippen molar-refractivity contribution in [3.8, 4) is 11.5 Å². The van der Waals surface area contributed by atoms with Crippen molar-refractivity contribution in [3.63, 3.8) is 0 Å². The second-order valence-corrected chi connectivity index (χ2v) is 6.09. The zero-order valence-corrected chi connectivity index (χ0v) is 13.2. The summed E-state index contributed by atoms with van der Waals surface area (Å²) in [5.41, 5.74) is 1.02. The summed E-state index contributed by atoms with van der Waals surface area (Å²) in [5, 5.41) is 0. The average molecular weight is 305 g/mol. The van der Waals surface area contributed by atoms with Gasteiger partial charge in [0.05, 0.1) is 20.3 Å². The van der Waals surface area contributed by atoms with E-state index in [1.54, 1.807) is 19.1 Å². The quantitative estimate of drug-likeness (QED) is 0.838. The predicted octanol–water partition coefficient (Wildman–Crippen LogP) is 2.40. The lowest BCUT2D eigenvalue weighted by Gasteiger charge is -2.30. The molecule has 0 spiro atoms. The Morgan fingerprint density at radius 2 is 2.14 bits per heavy atom. The second-order valence-electron chi connectivity index (χ2n) is 6.09. The van der Waals surface area contributed by atoms with Crippen molar-refractivity contribution in [2.24, 2.45) is 5.92 Å². The molecule has 5 nitrogen and oxygen atoms in total. The maximum absolute atomic E-state index is 11.5. The van der Waals surface area contributed by atoms with Crippen molar-refractivity contribution < 1.29 is 19.0 Å². The number of likely N-dealkylation sites (N-methyl/N-ethyl adjacent to an activating group) is 1. The highest BCUT2D eigenvalue weighted by Crippen LogP contribution is 2.34. The zero-order chi connectivity index (χ0) is 15.5. The molecular formula is C17H23NO4. The minimum Gasteiger partial charge on any atom is -0.493 e. The van der Waals surface area contributed by atoms with Crippen LogP contribution in [-0.2, 0) is 9.53 Å². The van der Waals surface area contributed by atoms with Crippen LogP contribution in [0.3, 0.4) is 0 Å². The van der Waals surface area contributed by atoms with E-state index in [9.17, 15) is 4.79 Å². The molecule has 120 valence electrons. The van der Waals surface area contributed by atoms with Crippen molar-refractivity contribution in [2.45, 2.75) is 25.4 Å². The SMILES string of the molecule is COc1ccc(C2CN(C)C(=O)CO2)cc1OCC1CCC1. The number of benzene rings is 1. The van der Waals surface area contributed by atoms with E-state index in [2.05, 4.69) is 0 Å². The van der Waals surface area contributed by atoms with Gasteiger partial charge in [-0.15, -0.1) is 0 Å². The van der Waals surface area contributed by atoms with Crippen molar-refractivity contribution in [1.29, 1.82) is 0 Å². The predicted molar refractivity (Wildman–Crippen MR) is 82.2 cm³/mol. The number of amides is 1. The number of hydrogen-bond acceptors (Lipinski definition) is 4. The van der Waals surface area contributed by atoms with Crippen molar-refractivity contribution >= 4 is 5.91 Å². The number of ether oxygens (including phenoxy) is 3. The molecule has 1 aliphatic heterocycles. The third kappa shape index (κ3) is 3.19. The smallest absolute Gasteiger partial charge is 0.248 e. The van der Waals surface area contributed by atoms with Crippen molar-refractivity contribution in [3.05, 3.63) is 23.8 Å². The van der Waals surface area contributed by atoms with E-state index >= 15 is 0 Å². The summed E-state index contributed by atoms with van der Waals surface area (Å²) in [6, 6.07) is 5.86. The van der Waals surface area contributed by atoms with Gasteiger partial charge in [0.2, 0.25) is 5.91 Å². The summed E-state index contributed by atoms with van der Waals surface area (Å²) in [4.78, 5) is 13.2. The van der Waals surface area contributed by atoms with Gasteiger partial charge in [0.15, 0.2) is 11.5 Å². The molecule has 1 saturated carbocycles. The maximum Gasteiger partial charge on any atom is 0.248 e. The van der Waals surface area contributed by atoms with Gasteiger partial charge >= 0.3 is 0 Å². The second kappa shape index (κ2) is 6.57. The maximum atomic E-state index is 11.5. The molecule has 1 aromatic rings. The number of morpholine rings is 1. The lowest BCUT2D eigenvalue weighted by molar-refractivity contribution is -0.147. The Labute approximate surface area is 131 Å². The molecule has 2 fully saturated rings. The average Bonchev–Trinajstić information content (AvgIpc) is 2.48. The molecule has 3 rings (SSSR count). The summed E-state index contributed by atoms with van der Waals surface area (Å²) in [6.07, 6.45) is 3.70. The molecule has 0 N–H and O–H groups in total. The van der Waals surface area contributed by atoms with Crippen LogP contribution in [0.25, 0.3) is 0 Å². The number of carbonyl (C=O) groups is 1. The first-order chi connectivity index (χ1) is 10.7. The molecular weight excluding hydrogens is 282 g/mol. The molecule has 1 aromatic carbocycles. The van der Waals surface area contributed by atoms with E-state index in [-0.39, 0.29) is 18.6 Å². The number of hydrogen-bond donors (Lipinski definition) is 0. The third-order valence-corrected chi connectivity index (χ3v) is 4.53. The summed E-state index contributed by atoms with van der Waals surface area (Å²) in [6.45, 7) is 1.43. The van der Waals surface area contributed by atoms with Gasteiger partial charge in [-0.3, -0.25) is 4.79 Å². The minimum absolute atomic E-state index is 0.0196. The van der Waals surface area contributed by atoms with Gasteiger partial charge in [-0.1, -0.05) is 12.5 Å². The van der Waals surface area contributed by atoms with Crippen LogP contribution in [0, 0.1) is 5.92 Å². The molecule has 1 heterocycles. The van der Waals surface area contributed by atoms with Crippen molar-refractivity contribution in [2.75, 3.05) is 33.9 Å². The van der Waals surface area contributed by atoms with E-state index in [0.29, 0.717) is 12.5 Å². The van der Waals surface area contributed by atoms with Gasteiger partial charge in [0.1, 0.15) is 12.7 Å². The third-order valence-electron chi connectivity index (χ3n) is 4.53. The van der Waals surface area contributed by atoms with E-state index in [1.807, 2.05) is 18.2 Å². The topological polar surface area (TPSA) is 48.0 Å². The van der Waals surface area contributed by atoms with Crippen molar-refractivity contribution in [1.82, 2.24) is 4.90 Å². The largest absolute Gasteiger partial charge is 0.493 e. The monoisotopic (exact) mass is 305 g/mol. The molecule has 1 unspecified atom stereocenters. The number of methoxy groups -OCH3 is 1. The summed E-state index contributed by atoms with van der Waals surface area (Å²) in [5.74, 6) is 2.19. The van der Waals surface area contributed by atoms with Gasteiger partial charge in [0, 0.05) is 7.05 Å². The number of carbonyl (C=O) groups excluding carboxylic acids is 1. The molecule has 5 heteroatoms. The number of rotatable bonds is 5. The summed E-state index contributed by atoms with van der Waals surface area (Å²) in [7, 11) is 3.45. The van der Waals surface area contributed by atoms with Gasteiger partial charge in [0.25, 0.3) is 0 Å². The molecule has 22 heavy (non-hydrogen) atoms. The Kier molecular flexibility index (Phi) is 4.52. The standard InChI is InChI=1S/C17H23NO4/c1-18-9-16(22-11-17(18)19)13-6-7-14(20-2)15(8-13)21-10-12-4-3-5-12/h6-8,12,16H,3-5,9-11H2,1-2H3. The number of nitrogens with zero attached hydrogens (tertiary/aromatic N) is 1. The van der Waals surface area contributed by atoms with Crippen LogP contribution in [-0.4, -0.2) is 44.7 Å². The molecule has 0 aromatic heterocycles. The van der Waals surface area contributed by atoms with E-state index in [0.717, 1.165) is 23.7 Å². The van der Waals surface area contributed by atoms with Crippen LogP contribution in [0.5, 0.6) is 11.5 Å². The fourth-order valence-corrected chi connectivity index (χ4v) is 2.76. The van der Waals surface area contributed by atoms with Gasteiger partial charge in [-0.2, -0.15) is 0 Å². The Morgan fingerprint density at radius 1 is 1.32 bits per heavy atom. The fourth-order valence-electron chi connectivity index (χ4n) is 2.76. The first-order valence-corrected chi connectivity index (χ1v) is 7.83.